The van der Waals surface area contributed by atoms with Crippen LogP contribution in [0.25, 0.3) is 5.65 Å². The molecule has 0 saturated heterocycles. The second kappa shape index (κ2) is 2.65. The zero-order valence-corrected chi connectivity index (χ0v) is 8.68. The number of tetrazole rings is 1. The fourth-order valence-corrected chi connectivity index (χ4v) is 1.67. The summed E-state index contributed by atoms with van der Waals surface area (Å²) in [5, 5.41) is 14.7. The lowest BCUT2D eigenvalue weighted by atomic mass is 10.2. The molecule has 0 spiro atoms. The summed E-state index contributed by atoms with van der Waals surface area (Å²) in [6, 6.07) is 0.495. The largest absolute Gasteiger partial charge is 0.365 e. The molecule has 0 amide bonds. The molecule has 0 radical (unpaired) electrons. The highest BCUT2D eigenvalue weighted by atomic mass is 15.5. The lowest BCUT2D eigenvalue weighted by Gasteiger charge is -2.07. The van der Waals surface area contributed by atoms with Crippen molar-refractivity contribution < 1.29 is 0 Å². The van der Waals surface area contributed by atoms with Crippen molar-refractivity contribution in [3.05, 3.63) is 12.4 Å². The van der Waals surface area contributed by atoms with Gasteiger partial charge in [-0.1, -0.05) is 13.8 Å². The summed E-state index contributed by atoms with van der Waals surface area (Å²) < 4.78 is 1.67. The molecule has 2 aromatic rings. The number of fused-ring (bicyclic) bond motifs is 1. The number of anilines is 1. The highest BCUT2D eigenvalue weighted by Gasteiger charge is 2.46. The van der Waals surface area contributed by atoms with E-state index in [2.05, 4.69) is 39.7 Å². The van der Waals surface area contributed by atoms with Gasteiger partial charge >= 0.3 is 0 Å². The van der Waals surface area contributed by atoms with E-state index in [-0.39, 0.29) is 0 Å². The Hall–Kier alpha value is -1.72. The van der Waals surface area contributed by atoms with Crippen LogP contribution in [0.3, 0.4) is 0 Å². The van der Waals surface area contributed by atoms with E-state index in [4.69, 9.17) is 0 Å². The van der Waals surface area contributed by atoms with Crippen molar-refractivity contribution in [3.8, 4) is 0 Å². The van der Waals surface area contributed by atoms with E-state index in [0.29, 0.717) is 17.1 Å². The van der Waals surface area contributed by atoms with Crippen LogP contribution in [0.2, 0.25) is 0 Å². The summed E-state index contributed by atoms with van der Waals surface area (Å²) in [4.78, 5) is 4.09. The van der Waals surface area contributed by atoms with E-state index in [0.717, 1.165) is 5.82 Å². The topological polar surface area (TPSA) is 68.0 Å². The maximum Gasteiger partial charge on any atom is 0.199 e. The molecule has 1 N–H and O–H groups in total. The Morgan fingerprint density at radius 1 is 1.47 bits per heavy atom. The minimum Gasteiger partial charge on any atom is -0.365 e. The summed E-state index contributed by atoms with van der Waals surface area (Å²) in [5.41, 5.74) is 1.04. The minimum absolute atomic E-state index is 0.371. The molecule has 1 saturated carbocycles. The molecule has 6 nitrogen and oxygen atoms in total. The Balaban J connectivity index is 1.94. The molecule has 2 heterocycles. The van der Waals surface area contributed by atoms with Crippen LogP contribution in [-0.2, 0) is 0 Å². The van der Waals surface area contributed by atoms with Gasteiger partial charge in [-0.15, -0.1) is 5.10 Å². The zero-order valence-electron chi connectivity index (χ0n) is 8.68. The first-order valence-electron chi connectivity index (χ1n) is 4.95. The van der Waals surface area contributed by atoms with Gasteiger partial charge in [0.1, 0.15) is 0 Å². The quantitative estimate of drug-likeness (QED) is 0.781. The first-order chi connectivity index (χ1) is 7.17. The predicted molar refractivity (Wildman–Crippen MR) is 54.4 cm³/mol. The van der Waals surface area contributed by atoms with Crippen molar-refractivity contribution in [1.29, 1.82) is 0 Å². The molecule has 2 aromatic heterocycles. The van der Waals surface area contributed by atoms with Gasteiger partial charge in [0.15, 0.2) is 11.5 Å². The smallest absolute Gasteiger partial charge is 0.199 e. The SMILES string of the molecule is CC1(C)CC1Nc1cncc2nnnn12. The first kappa shape index (κ1) is 8.58. The molecule has 1 unspecified atom stereocenters. The van der Waals surface area contributed by atoms with Crippen LogP contribution < -0.4 is 5.32 Å². The first-order valence-corrected chi connectivity index (χ1v) is 4.95. The van der Waals surface area contributed by atoms with Gasteiger partial charge in [-0.05, 0) is 22.3 Å². The molecule has 78 valence electrons. The third-order valence-corrected chi connectivity index (χ3v) is 2.94. The Bertz CT molecular complexity index is 502. The molecule has 6 heteroatoms. The average Bonchev–Trinajstić information content (AvgIpc) is 2.66. The van der Waals surface area contributed by atoms with Crippen LogP contribution in [0, 0.1) is 5.41 Å². The number of rotatable bonds is 2. The standard InChI is InChI=1S/C9H12N6/c1-9(2)3-6(9)11-7-4-10-5-8-12-13-14-15(7)8/h4-6,11H,3H2,1-2H3. The van der Waals surface area contributed by atoms with E-state index in [1.165, 1.54) is 6.42 Å². The lowest BCUT2D eigenvalue weighted by molar-refractivity contribution is 0.628. The van der Waals surface area contributed by atoms with E-state index in [9.17, 15) is 0 Å². The molecule has 3 rings (SSSR count). The van der Waals surface area contributed by atoms with E-state index >= 15 is 0 Å². The highest BCUT2D eigenvalue weighted by Crippen LogP contribution is 2.46. The normalized spacial score (nSPS) is 22.9. The summed E-state index contributed by atoms with van der Waals surface area (Å²) in [6.07, 6.45) is 4.56. The molecule has 0 aliphatic heterocycles. The number of hydrogen-bond donors (Lipinski definition) is 1. The van der Waals surface area contributed by atoms with Crippen LogP contribution in [-0.4, -0.2) is 31.1 Å². The van der Waals surface area contributed by atoms with Crippen LogP contribution in [0.1, 0.15) is 20.3 Å². The maximum absolute atomic E-state index is 4.09. The Morgan fingerprint density at radius 2 is 2.27 bits per heavy atom. The van der Waals surface area contributed by atoms with Gasteiger partial charge in [-0.2, -0.15) is 4.52 Å². The van der Waals surface area contributed by atoms with Crippen molar-refractivity contribution >= 4 is 11.5 Å². The average molecular weight is 204 g/mol. The predicted octanol–water partition coefficient (Wildman–Crippen LogP) is 0.730. The summed E-state index contributed by atoms with van der Waals surface area (Å²) in [5.74, 6) is 0.855. The van der Waals surface area contributed by atoms with Crippen molar-refractivity contribution in [1.82, 2.24) is 25.0 Å². The molecular weight excluding hydrogens is 192 g/mol. The van der Waals surface area contributed by atoms with Gasteiger partial charge in [0.05, 0.1) is 12.4 Å². The van der Waals surface area contributed by atoms with E-state index in [1.54, 1.807) is 16.9 Å². The zero-order chi connectivity index (χ0) is 10.5. The second-order valence-electron chi connectivity index (χ2n) is 4.63. The van der Waals surface area contributed by atoms with Crippen molar-refractivity contribution in [2.75, 3.05) is 5.32 Å². The van der Waals surface area contributed by atoms with Crippen molar-refractivity contribution in [2.24, 2.45) is 5.41 Å². The van der Waals surface area contributed by atoms with Crippen LogP contribution >= 0.6 is 0 Å². The van der Waals surface area contributed by atoms with Gasteiger partial charge in [-0.25, -0.2) is 0 Å². The number of nitrogens with zero attached hydrogens (tertiary/aromatic N) is 5. The molecule has 1 aliphatic carbocycles. The molecule has 1 fully saturated rings. The molecule has 15 heavy (non-hydrogen) atoms. The Morgan fingerprint density at radius 3 is 3.00 bits per heavy atom. The summed E-state index contributed by atoms with van der Waals surface area (Å²) in [7, 11) is 0. The minimum atomic E-state index is 0.371. The van der Waals surface area contributed by atoms with Gasteiger partial charge in [-0.3, -0.25) is 4.98 Å². The molecule has 1 atom stereocenters. The third kappa shape index (κ3) is 1.33. The number of hydrogen-bond acceptors (Lipinski definition) is 5. The number of nitrogens with one attached hydrogen (secondary N) is 1. The summed E-state index contributed by atoms with van der Waals surface area (Å²) >= 11 is 0. The maximum atomic E-state index is 4.09. The van der Waals surface area contributed by atoms with E-state index in [1.807, 2.05) is 0 Å². The Labute approximate surface area is 86.7 Å². The molecule has 0 aromatic carbocycles. The molecule has 1 aliphatic rings. The monoisotopic (exact) mass is 204 g/mol. The van der Waals surface area contributed by atoms with Crippen LogP contribution in [0.15, 0.2) is 12.4 Å². The summed E-state index contributed by atoms with van der Waals surface area (Å²) in [6.45, 7) is 4.47. The van der Waals surface area contributed by atoms with Gasteiger partial charge in [0.25, 0.3) is 0 Å². The lowest BCUT2D eigenvalue weighted by Crippen LogP contribution is -2.12. The molecular formula is C9H12N6. The van der Waals surface area contributed by atoms with Gasteiger partial charge < -0.3 is 5.32 Å². The van der Waals surface area contributed by atoms with Crippen LogP contribution in [0.5, 0.6) is 0 Å². The van der Waals surface area contributed by atoms with Crippen LogP contribution in [0.4, 0.5) is 5.82 Å². The Kier molecular flexibility index (Phi) is 1.52. The van der Waals surface area contributed by atoms with E-state index < -0.39 is 0 Å². The fourth-order valence-electron chi connectivity index (χ4n) is 1.67. The third-order valence-electron chi connectivity index (χ3n) is 2.94. The van der Waals surface area contributed by atoms with Gasteiger partial charge in [0.2, 0.25) is 0 Å². The van der Waals surface area contributed by atoms with Gasteiger partial charge in [0, 0.05) is 6.04 Å². The fraction of sp³-hybridized carbons (Fsp3) is 0.556. The molecule has 0 bridgehead atoms. The van der Waals surface area contributed by atoms with Crippen molar-refractivity contribution in [3.63, 3.8) is 0 Å². The van der Waals surface area contributed by atoms with Crippen molar-refractivity contribution in [2.45, 2.75) is 26.3 Å². The highest BCUT2D eigenvalue weighted by molar-refractivity contribution is 5.45. The number of aromatic nitrogens is 5. The second-order valence-corrected chi connectivity index (χ2v) is 4.63.